The third kappa shape index (κ3) is 3.98. The van der Waals surface area contributed by atoms with Crippen LogP contribution < -0.4 is 15.5 Å². The summed E-state index contributed by atoms with van der Waals surface area (Å²) in [5, 5.41) is 5.62. The molecule has 0 saturated carbocycles. The number of nitrogens with zero attached hydrogens (tertiary/aromatic N) is 2. The van der Waals surface area contributed by atoms with Gasteiger partial charge in [0.25, 0.3) is 11.8 Å². The van der Waals surface area contributed by atoms with Crippen molar-refractivity contribution in [1.82, 2.24) is 10.3 Å². The number of amides is 2. The average Bonchev–Trinajstić information content (AvgIpc) is 2.55. The number of benzene rings is 1. The van der Waals surface area contributed by atoms with Crippen molar-refractivity contribution >= 4 is 34.8 Å². The van der Waals surface area contributed by atoms with Crippen LogP contribution in [0, 0.1) is 0 Å². The van der Waals surface area contributed by atoms with E-state index in [-0.39, 0.29) is 17.2 Å². The van der Waals surface area contributed by atoms with E-state index < -0.39 is 5.91 Å². The Morgan fingerprint density at radius 2 is 1.87 bits per heavy atom. The number of carbonyl (C=O) groups is 2. The van der Waals surface area contributed by atoms with Gasteiger partial charge in [-0.05, 0) is 30.3 Å². The maximum atomic E-state index is 12.4. The molecule has 0 aliphatic carbocycles. The number of anilines is 2. The smallest absolute Gasteiger partial charge is 0.274 e. The van der Waals surface area contributed by atoms with Crippen LogP contribution in [0.25, 0.3) is 0 Å². The maximum absolute atomic E-state index is 12.4. The molecule has 6 nitrogen and oxygen atoms in total. The van der Waals surface area contributed by atoms with Gasteiger partial charge in [-0.2, -0.15) is 0 Å². The highest BCUT2D eigenvalue weighted by Gasteiger charge is 2.15. The van der Waals surface area contributed by atoms with Gasteiger partial charge in [-0.1, -0.05) is 11.6 Å². The Bertz CT molecular complexity index is 747. The zero-order chi connectivity index (χ0) is 17.0. The summed E-state index contributed by atoms with van der Waals surface area (Å²) >= 11 is 5.92. The van der Waals surface area contributed by atoms with E-state index in [1.807, 2.05) is 19.0 Å². The van der Waals surface area contributed by atoms with E-state index >= 15 is 0 Å². The number of hydrogen-bond acceptors (Lipinski definition) is 4. The fraction of sp³-hybridized carbons (Fsp3) is 0.188. The van der Waals surface area contributed by atoms with E-state index in [4.69, 9.17) is 11.6 Å². The molecule has 1 aromatic heterocycles. The van der Waals surface area contributed by atoms with Crippen LogP contribution in [0.5, 0.6) is 0 Å². The first-order valence-electron chi connectivity index (χ1n) is 6.88. The van der Waals surface area contributed by atoms with E-state index in [9.17, 15) is 9.59 Å². The number of carbonyl (C=O) groups excluding carboxylic acids is 2. The van der Waals surface area contributed by atoms with Crippen LogP contribution >= 0.6 is 11.6 Å². The van der Waals surface area contributed by atoms with Crippen LogP contribution in [-0.2, 0) is 0 Å². The molecule has 2 amide bonds. The molecule has 23 heavy (non-hydrogen) atoms. The Kier molecular flexibility index (Phi) is 5.18. The number of rotatable bonds is 4. The second-order valence-corrected chi connectivity index (χ2v) is 5.45. The molecule has 120 valence electrons. The van der Waals surface area contributed by atoms with Gasteiger partial charge in [-0.25, -0.2) is 0 Å². The molecule has 0 unspecified atom stereocenters. The molecule has 2 N–H and O–H groups in total. The molecule has 0 saturated heterocycles. The maximum Gasteiger partial charge on any atom is 0.274 e. The van der Waals surface area contributed by atoms with Crippen LogP contribution in [0.3, 0.4) is 0 Å². The van der Waals surface area contributed by atoms with Crippen LogP contribution in [0.2, 0.25) is 5.02 Å². The van der Waals surface area contributed by atoms with Gasteiger partial charge in [0.2, 0.25) is 0 Å². The quantitative estimate of drug-likeness (QED) is 0.901. The lowest BCUT2D eigenvalue weighted by atomic mass is 10.1. The van der Waals surface area contributed by atoms with Gasteiger partial charge in [-0.15, -0.1) is 0 Å². The first-order chi connectivity index (χ1) is 10.9. The van der Waals surface area contributed by atoms with Gasteiger partial charge in [0.1, 0.15) is 5.69 Å². The Morgan fingerprint density at radius 1 is 1.13 bits per heavy atom. The molecule has 0 spiro atoms. The molecule has 1 aromatic carbocycles. The van der Waals surface area contributed by atoms with E-state index in [1.54, 1.807) is 30.5 Å². The van der Waals surface area contributed by atoms with Crippen LogP contribution in [0.15, 0.2) is 36.5 Å². The van der Waals surface area contributed by atoms with Gasteiger partial charge in [-0.3, -0.25) is 14.6 Å². The predicted molar refractivity (Wildman–Crippen MR) is 91.4 cm³/mol. The molecule has 0 aliphatic heterocycles. The summed E-state index contributed by atoms with van der Waals surface area (Å²) in [6.07, 6.45) is 1.56. The van der Waals surface area contributed by atoms with Crippen molar-refractivity contribution in [2.45, 2.75) is 0 Å². The van der Waals surface area contributed by atoms with Crippen molar-refractivity contribution in [3.05, 3.63) is 52.8 Å². The van der Waals surface area contributed by atoms with E-state index in [2.05, 4.69) is 15.6 Å². The molecule has 0 radical (unpaired) electrons. The standard InChI is InChI=1S/C16H17ClN4O2/c1-18-15(22)12-8-10(17)4-5-13(12)20-16(23)14-9-11(21(2)3)6-7-19-14/h4-9H,1-3H3,(H,18,22)(H,20,23). The second-order valence-electron chi connectivity index (χ2n) is 5.02. The summed E-state index contributed by atoms with van der Waals surface area (Å²) in [5.74, 6) is -0.737. The van der Waals surface area contributed by atoms with Crippen LogP contribution in [0.1, 0.15) is 20.8 Å². The van der Waals surface area contributed by atoms with Crippen LogP contribution in [0.4, 0.5) is 11.4 Å². The highest BCUT2D eigenvalue weighted by molar-refractivity contribution is 6.31. The number of hydrogen-bond donors (Lipinski definition) is 2. The van der Waals surface area contributed by atoms with Crippen LogP contribution in [-0.4, -0.2) is 37.9 Å². The van der Waals surface area contributed by atoms with Crippen molar-refractivity contribution in [3.8, 4) is 0 Å². The van der Waals surface area contributed by atoms with Gasteiger partial charge >= 0.3 is 0 Å². The molecular formula is C16H17ClN4O2. The fourth-order valence-corrected chi connectivity index (χ4v) is 2.13. The monoisotopic (exact) mass is 332 g/mol. The summed E-state index contributed by atoms with van der Waals surface area (Å²) in [4.78, 5) is 30.2. The first kappa shape index (κ1) is 16.8. The molecule has 0 atom stereocenters. The first-order valence-corrected chi connectivity index (χ1v) is 7.26. The largest absolute Gasteiger partial charge is 0.378 e. The number of halogens is 1. The number of aromatic nitrogens is 1. The lowest BCUT2D eigenvalue weighted by molar-refractivity contribution is 0.0964. The third-order valence-corrected chi connectivity index (χ3v) is 3.43. The van der Waals surface area contributed by atoms with Crippen molar-refractivity contribution in [2.24, 2.45) is 0 Å². The summed E-state index contributed by atoms with van der Waals surface area (Å²) in [6, 6.07) is 8.16. The minimum atomic E-state index is -0.402. The predicted octanol–water partition coefficient (Wildman–Crippen LogP) is 2.41. The lowest BCUT2D eigenvalue weighted by Crippen LogP contribution is -2.22. The van der Waals surface area contributed by atoms with E-state index in [1.165, 1.54) is 13.1 Å². The summed E-state index contributed by atoms with van der Waals surface area (Å²) < 4.78 is 0. The minimum absolute atomic E-state index is 0.258. The Labute approximate surface area is 139 Å². The zero-order valence-electron chi connectivity index (χ0n) is 13.1. The average molecular weight is 333 g/mol. The molecule has 0 bridgehead atoms. The minimum Gasteiger partial charge on any atom is -0.378 e. The molecule has 2 aromatic rings. The van der Waals surface area contributed by atoms with Gasteiger partial charge in [0.15, 0.2) is 0 Å². The fourth-order valence-electron chi connectivity index (χ4n) is 1.96. The zero-order valence-corrected chi connectivity index (χ0v) is 13.8. The summed E-state index contributed by atoms with van der Waals surface area (Å²) in [5.41, 5.74) is 1.77. The van der Waals surface area contributed by atoms with Gasteiger partial charge < -0.3 is 15.5 Å². The molecule has 7 heteroatoms. The number of nitrogens with one attached hydrogen (secondary N) is 2. The summed E-state index contributed by atoms with van der Waals surface area (Å²) in [7, 11) is 5.26. The molecule has 2 rings (SSSR count). The van der Waals surface area contributed by atoms with Crippen molar-refractivity contribution in [2.75, 3.05) is 31.4 Å². The molecular weight excluding hydrogens is 316 g/mol. The lowest BCUT2D eigenvalue weighted by Gasteiger charge is -2.14. The SMILES string of the molecule is CNC(=O)c1cc(Cl)ccc1NC(=O)c1cc(N(C)C)ccn1. The Balaban J connectivity index is 2.30. The van der Waals surface area contributed by atoms with Crippen molar-refractivity contribution < 1.29 is 9.59 Å². The van der Waals surface area contributed by atoms with E-state index in [0.29, 0.717) is 10.7 Å². The molecule has 1 heterocycles. The number of pyridine rings is 1. The van der Waals surface area contributed by atoms with Gasteiger partial charge in [0.05, 0.1) is 11.3 Å². The van der Waals surface area contributed by atoms with Crippen molar-refractivity contribution in [1.29, 1.82) is 0 Å². The van der Waals surface area contributed by atoms with E-state index in [0.717, 1.165) is 5.69 Å². The summed E-state index contributed by atoms with van der Waals surface area (Å²) in [6.45, 7) is 0. The topological polar surface area (TPSA) is 74.3 Å². The normalized spacial score (nSPS) is 10.1. The third-order valence-electron chi connectivity index (χ3n) is 3.19. The highest BCUT2D eigenvalue weighted by Crippen LogP contribution is 2.21. The highest BCUT2D eigenvalue weighted by atomic mass is 35.5. The Hall–Kier alpha value is -2.60. The van der Waals surface area contributed by atoms with Gasteiger partial charge in [0, 0.05) is 38.0 Å². The molecule has 0 aliphatic rings. The second kappa shape index (κ2) is 7.11. The van der Waals surface area contributed by atoms with Crippen molar-refractivity contribution in [3.63, 3.8) is 0 Å². The molecule has 0 fully saturated rings. The Morgan fingerprint density at radius 3 is 2.52 bits per heavy atom.